The predicted molar refractivity (Wildman–Crippen MR) is 75.3 cm³/mol. The number of aryl methyl sites for hydroxylation is 1. The topological polar surface area (TPSA) is 46.5 Å². The maximum Gasteiger partial charge on any atom is 0.336 e. The molecule has 0 radical (unpaired) electrons. The molecule has 19 heavy (non-hydrogen) atoms. The van der Waals surface area contributed by atoms with Gasteiger partial charge in [-0.2, -0.15) is 0 Å². The summed E-state index contributed by atoms with van der Waals surface area (Å²) >= 11 is 1.44. The molecule has 0 fully saturated rings. The molecule has 0 bridgehead atoms. The van der Waals surface area contributed by atoms with Crippen LogP contribution in [0.2, 0.25) is 0 Å². The number of aromatic carboxylic acids is 1. The summed E-state index contributed by atoms with van der Waals surface area (Å²) in [5, 5.41) is 9.23. The number of methoxy groups -OCH3 is 1. The first-order valence-corrected chi connectivity index (χ1v) is 6.58. The summed E-state index contributed by atoms with van der Waals surface area (Å²) in [5.41, 5.74) is 1.28. The maximum absolute atomic E-state index is 11.2. The van der Waals surface area contributed by atoms with Gasteiger partial charge in [0.25, 0.3) is 0 Å². The molecule has 0 aliphatic carbocycles. The van der Waals surface area contributed by atoms with Crippen LogP contribution in [0, 0.1) is 6.92 Å². The summed E-state index contributed by atoms with van der Waals surface area (Å²) < 4.78 is 5.17. The highest BCUT2D eigenvalue weighted by atomic mass is 32.2. The van der Waals surface area contributed by atoms with Crippen LogP contribution in [0.5, 0.6) is 5.75 Å². The van der Waals surface area contributed by atoms with E-state index in [1.165, 1.54) is 11.8 Å². The maximum atomic E-state index is 11.2. The molecular weight excluding hydrogens is 260 g/mol. The van der Waals surface area contributed by atoms with Crippen molar-refractivity contribution in [3.05, 3.63) is 53.6 Å². The number of ether oxygens (including phenoxy) is 1. The lowest BCUT2D eigenvalue weighted by atomic mass is 10.1. The lowest BCUT2D eigenvalue weighted by Gasteiger charge is -2.10. The zero-order valence-electron chi connectivity index (χ0n) is 10.7. The van der Waals surface area contributed by atoms with Crippen LogP contribution in [0.1, 0.15) is 15.9 Å². The second kappa shape index (κ2) is 5.80. The third kappa shape index (κ3) is 3.09. The van der Waals surface area contributed by atoms with E-state index in [4.69, 9.17) is 4.74 Å². The largest absolute Gasteiger partial charge is 0.497 e. The zero-order valence-corrected chi connectivity index (χ0v) is 11.5. The van der Waals surface area contributed by atoms with Gasteiger partial charge in [-0.3, -0.25) is 0 Å². The van der Waals surface area contributed by atoms with Crippen molar-refractivity contribution in [2.24, 2.45) is 0 Å². The third-order valence-electron chi connectivity index (χ3n) is 2.70. The van der Waals surface area contributed by atoms with E-state index in [1.54, 1.807) is 19.2 Å². The van der Waals surface area contributed by atoms with E-state index in [0.29, 0.717) is 5.56 Å². The van der Waals surface area contributed by atoms with Crippen LogP contribution in [-0.2, 0) is 0 Å². The van der Waals surface area contributed by atoms with Gasteiger partial charge in [-0.25, -0.2) is 4.79 Å². The van der Waals surface area contributed by atoms with E-state index in [1.807, 2.05) is 37.3 Å². The highest BCUT2D eigenvalue weighted by molar-refractivity contribution is 7.99. The van der Waals surface area contributed by atoms with Crippen LogP contribution in [-0.4, -0.2) is 18.2 Å². The predicted octanol–water partition coefficient (Wildman–Crippen LogP) is 3.85. The lowest BCUT2D eigenvalue weighted by molar-refractivity contribution is 0.0693. The van der Waals surface area contributed by atoms with Gasteiger partial charge in [-0.05, 0) is 36.8 Å². The normalized spacial score (nSPS) is 10.2. The van der Waals surface area contributed by atoms with Gasteiger partial charge in [0.2, 0.25) is 0 Å². The third-order valence-corrected chi connectivity index (χ3v) is 3.94. The van der Waals surface area contributed by atoms with Crippen LogP contribution >= 0.6 is 11.8 Å². The Balaban J connectivity index is 2.40. The number of carboxylic acid groups (broad SMARTS) is 1. The molecular formula is C15H14O3S. The Kier molecular flexibility index (Phi) is 4.12. The van der Waals surface area contributed by atoms with Crippen LogP contribution in [0.3, 0.4) is 0 Å². The Morgan fingerprint density at radius 1 is 1.21 bits per heavy atom. The average molecular weight is 274 g/mol. The summed E-state index contributed by atoms with van der Waals surface area (Å²) in [6.07, 6.45) is 0. The fourth-order valence-corrected chi connectivity index (χ4v) is 2.79. The van der Waals surface area contributed by atoms with Gasteiger partial charge in [0.1, 0.15) is 5.75 Å². The summed E-state index contributed by atoms with van der Waals surface area (Å²) in [6.45, 7) is 1.91. The van der Waals surface area contributed by atoms with Gasteiger partial charge >= 0.3 is 5.97 Å². The monoisotopic (exact) mass is 274 g/mol. The molecule has 0 aromatic heterocycles. The van der Waals surface area contributed by atoms with E-state index >= 15 is 0 Å². The van der Waals surface area contributed by atoms with Crippen molar-refractivity contribution in [3.63, 3.8) is 0 Å². The number of hydrogen-bond acceptors (Lipinski definition) is 3. The van der Waals surface area contributed by atoms with Gasteiger partial charge in [0.05, 0.1) is 12.7 Å². The van der Waals surface area contributed by atoms with E-state index in [-0.39, 0.29) is 0 Å². The average Bonchev–Trinajstić information content (AvgIpc) is 2.41. The van der Waals surface area contributed by atoms with Crippen molar-refractivity contribution in [2.45, 2.75) is 16.7 Å². The molecule has 4 heteroatoms. The van der Waals surface area contributed by atoms with Crippen LogP contribution in [0.25, 0.3) is 0 Å². The molecule has 0 saturated carbocycles. The zero-order chi connectivity index (χ0) is 13.8. The van der Waals surface area contributed by atoms with Gasteiger partial charge < -0.3 is 9.84 Å². The summed E-state index contributed by atoms with van der Waals surface area (Å²) in [4.78, 5) is 13.0. The fourth-order valence-electron chi connectivity index (χ4n) is 1.74. The van der Waals surface area contributed by atoms with Crippen molar-refractivity contribution in [2.75, 3.05) is 7.11 Å². The fraction of sp³-hybridized carbons (Fsp3) is 0.133. The minimum absolute atomic E-state index is 0.327. The van der Waals surface area contributed by atoms with Crippen molar-refractivity contribution < 1.29 is 14.6 Å². The van der Waals surface area contributed by atoms with Crippen molar-refractivity contribution in [3.8, 4) is 5.75 Å². The number of carboxylic acids is 1. The molecule has 0 heterocycles. The molecule has 3 nitrogen and oxygen atoms in total. The molecule has 2 aromatic rings. The summed E-state index contributed by atoms with van der Waals surface area (Å²) in [6, 6.07) is 12.9. The van der Waals surface area contributed by atoms with E-state index in [9.17, 15) is 9.90 Å². The molecule has 2 rings (SSSR count). The van der Waals surface area contributed by atoms with Crippen LogP contribution < -0.4 is 4.74 Å². The Morgan fingerprint density at radius 2 is 1.95 bits per heavy atom. The molecule has 2 aromatic carbocycles. The second-order valence-electron chi connectivity index (χ2n) is 4.04. The summed E-state index contributed by atoms with van der Waals surface area (Å²) in [7, 11) is 1.61. The highest BCUT2D eigenvalue weighted by Crippen LogP contribution is 2.34. The Bertz CT molecular complexity index is 608. The van der Waals surface area contributed by atoms with Gasteiger partial charge in [0.15, 0.2) is 0 Å². The molecule has 0 aliphatic rings. The van der Waals surface area contributed by atoms with E-state index < -0.39 is 5.97 Å². The van der Waals surface area contributed by atoms with Gasteiger partial charge in [0, 0.05) is 9.79 Å². The van der Waals surface area contributed by atoms with Crippen molar-refractivity contribution in [1.82, 2.24) is 0 Å². The first-order chi connectivity index (χ1) is 9.11. The Morgan fingerprint density at radius 3 is 2.63 bits per heavy atom. The number of rotatable bonds is 4. The second-order valence-corrected chi connectivity index (χ2v) is 5.12. The lowest BCUT2D eigenvalue weighted by Crippen LogP contribution is -2.00. The minimum atomic E-state index is -0.908. The number of hydrogen-bond donors (Lipinski definition) is 1. The molecule has 0 aliphatic heterocycles. The van der Waals surface area contributed by atoms with E-state index in [0.717, 1.165) is 21.1 Å². The van der Waals surface area contributed by atoms with Crippen LogP contribution in [0.4, 0.5) is 0 Å². The number of carbonyl (C=O) groups is 1. The van der Waals surface area contributed by atoms with Crippen molar-refractivity contribution in [1.29, 1.82) is 0 Å². The number of benzene rings is 2. The van der Waals surface area contributed by atoms with Gasteiger partial charge in [-0.1, -0.05) is 30.0 Å². The first kappa shape index (κ1) is 13.5. The SMILES string of the molecule is COc1cccc(Sc2c(C)cccc2C(=O)O)c1. The first-order valence-electron chi connectivity index (χ1n) is 5.76. The van der Waals surface area contributed by atoms with Crippen molar-refractivity contribution >= 4 is 17.7 Å². The molecule has 98 valence electrons. The quantitative estimate of drug-likeness (QED) is 0.919. The van der Waals surface area contributed by atoms with Gasteiger partial charge in [-0.15, -0.1) is 0 Å². The molecule has 1 N–H and O–H groups in total. The van der Waals surface area contributed by atoms with Crippen LogP contribution in [0.15, 0.2) is 52.3 Å². The summed E-state index contributed by atoms with van der Waals surface area (Å²) in [5.74, 6) is -0.149. The minimum Gasteiger partial charge on any atom is -0.497 e. The molecule has 0 unspecified atom stereocenters. The molecule has 0 spiro atoms. The Hall–Kier alpha value is -1.94. The highest BCUT2D eigenvalue weighted by Gasteiger charge is 2.13. The molecule has 0 saturated heterocycles. The standard InChI is InChI=1S/C15H14O3S/c1-10-5-3-8-13(15(16)17)14(10)19-12-7-4-6-11(9-12)18-2/h3-9H,1-2H3,(H,16,17). The smallest absolute Gasteiger partial charge is 0.336 e. The molecule has 0 atom stereocenters. The Labute approximate surface area is 116 Å². The van der Waals surface area contributed by atoms with E-state index in [2.05, 4.69) is 0 Å². The molecule has 0 amide bonds.